The van der Waals surface area contributed by atoms with Crippen molar-refractivity contribution in [3.8, 4) is 0 Å². The van der Waals surface area contributed by atoms with E-state index in [0.29, 0.717) is 25.7 Å². The molecule has 0 aliphatic heterocycles. The molecule has 0 aliphatic rings. The number of aliphatic hydroxyl groups excluding tert-OH is 1. The van der Waals surface area contributed by atoms with Crippen molar-refractivity contribution in [1.82, 2.24) is 0 Å². The van der Waals surface area contributed by atoms with Crippen LogP contribution in [-0.4, -0.2) is 96.7 Å². The molecule has 0 spiro atoms. The fraction of sp³-hybridized carbons (Fsp3) is 0.948. The zero-order valence-electron chi connectivity index (χ0n) is 62.8. The van der Waals surface area contributed by atoms with Crippen LogP contribution in [-0.2, 0) is 65.4 Å². The fourth-order valence-corrected chi connectivity index (χ4v) is 13.3. The lowest BCUT2D eigenvalue weighted by molar-refractivity contribution is -0.161. The first-order valence-electron chi connectivity index (χ1n) is 39.9. The van der Waals surface area contributed by atoms with E-state index in [1.165, 1.54) is 205 Å². The minimum absolute atomic E-state index is 0.106. The van der Waals surface area contributed by atoms with Gasteiger partial charge < -0.3 is 33.8 Å². The van der Waals surface area contributed by atoms with Gasteiger partial charge in [-0.05, 0) is 43.4 Å². The molecule has 0 aromatic carbocycles. The van der Waals surface area contributed by atoms with E-state index in [0.717, 1.165) is 108 Å². The number of aliphatic hydroxyl groups is 1. The smallest absolute Gasteiger partial charge is 0.462 e. The van der Waals surface area contributed by atoms with Crippen molar-refractivity contribution in [2.75, 3.05) is 39.6 Å². The Bertz CT molecular complexity index is 1870. The Morgan fingerprint density at radius 3 is 0.792 bits per heavy atom. The number of esters is 4. The molecule has 0 fully saturated rings. The van der Waals surface area contributed by atoms with E-state index in [-0.39, 0.29) is 25.7 Å². The van der Waals surface area contributed by atoms with Gasteiger partial charge in [-0.25, -0.2) is 9.13 Å². The predicted molar refractivity (Wildman–Crippen MR) is 391 cm³/mol. The number of hydrogen-bond donors (Lipinski definition) is 3. The van der Waals surface area contributed by atoms with Crippen LogP contribution >= 0.6 is 15.6 Å². The summed E-state index contributed by atoms with van der Waals surface area (Å²) < 4.78 is 68.6. The van der Waals surface area contributed by atoms with E-state index in [2.05, 4.69) is 48.5 Å². The molecule has 0 aromatic heterocycles. The molecule has 0 radical (unpaired) electrons. The SMILES string of the molecule is CCCCCCCCCCCCCCCCCC(=O)OC[C@H](COP(=O)(O)OC[C@@H](O)COP(=O)(O)OC[C@@H](COC(=O)CCCCCCCCCCCC(C)C)OC(=O)CCCCCCCCCCCCC(C)CC)OC(=O)CCCCCCCCCCCCCCC(C)C. The standard InChI is InChI=1S/C77H150O17P2/c1-8-10-11-12-13-14-15-16-17-18-22-30-37-44-51-58-74(79)87-64-72(93-76(81)60-53-46-39-31-23-20-19-21-27-34-41-48-55-68(3)4)66-91-95(83,84)89-62-71(78)63-90-96(85,86)92-67-73(65-88-75(80)59-52-45-38-33-26-28-35-42-49-56-69(5)6)94-77(82)61-54-47-40-32-25-24-29-36-43-50-57-70(7)9-2/h68-73,78H,8-67H2,1-7H3,(H,83,84)(H,85,86)/t70?,71-,72-,73-/m1/s1. The van der Waals surface area contributed by atoms with Gasteiger partial charge in [0.1, 0.15) is 19.3 Å². The Kier molecular flexibility index (Phi) is 66.2. The molecule has 3 unspecified atom stereocenters. The van der Waals surface area contributed by atoms with Crippen molar-refractivity contribution in [3.63, 3.8) is 0 Å². The lowest BCUT2D eigenvalue weighted by Gasteiger charge is -2.21. The van der Waals surface area contributed by atoms with Crippen LogP contribution in [0, 0.1) is 17.8 Å². The van der Waals surface area contributed by atoms with Crippen LogP contribution in [0.15, 0.2) is 0 Å². The quantitative estimate of drug-likeness (QED) is 0.0222. The second-order valence-electron chi connectivity index (χ2n) is 28.9. The Hall–Kier alpha value is -1.94. The number of carbonyl (C=O) groups is 4. The Balaban J connectivity index is 5.28. The molecule has 0 aromatic rings. The fourth-order valence-electron chi connectivity index (χ4n) is 11.7. The summed E-state index contributed by atoms with van der Waals surface area (Å²) in [5.74, 6) is 0.208. The first kappa shape index (κ1) is 94.1. The van der Waals surface area contributed by atoms with Crippen molar-refractivity contribution in [2.24, 2.45) is 17.8 Å². The topological polar surface area (TPSA) is 237 Å². The van der Waals surface area contributed by atoms with E-state index in [4.69, 9.17) is 37.0 Å². The van der Waals surface area contributed by atoms with Crippen LogP contribution in [0.1, 0.15) is 395 Å². The molecule has 19 heteroatoms. The summed E-state index contributed by atoms with van der Waals surface area (Å²) in [6, 6.07) is 0. The summed E-state index contributed by atoms with van der Waals surface area (Å²) in [7, 11) is -9.92. The van der Waals surface area contributed by atoms with E-state index in [9.17, 15) is 43.2 Å². The van der Waals surface area contributed by atoms with Crippen molar-refractivity contribution in [3.05, 3.63) is 0 Å². The van der Waals surface area contributed by atoms with Gasteiger partial charge in [-0.3, -0.25) is 37.3 Å². The van der Waals surface area contributed by atoms with Gasteiger partial charge >= 0.3 is 39.5 Å². The molecule has 3 N–H and O–H groups in total. The van der Waals surface area contributed by atoms with Crippen molar-refractivity contribution < 1.29 is 80.2 Å². The minimum atomic E-state index is -4.96. The highest BCUT2D eigenvalue weighted by Gasteiger charge is 2.30. The summed E-state index contributed by atoms with van der Waals surface area (Å²) in [4.78, 5) is 72.9. The largest absolute Gasteiger partial charge is 0.472 e. The van der Waals surface area contributed by atoms with E-state index in [1.807, 2.05) is 0 Å². The Labute approximate surface area is 588 Å². The Morgan fingerprint density at radius 1 is 0.302 bits per heavy atom. The van der Waals surface area contributed by atoms with Gasteiger partial charge in [0.05, 0.1) is 26.4 Å². The maximum absolute atomic E-state index is 13.1. The lowest BCUT2D eigenvalue weighted by Crippen LogP contribution is -2.30. The molecule has 0 bridgehead atoms. The number of phosphoric ester groups is 2. The zero-order chi connectivity index (χ0) is 70.9. The summed E-state index contributed by atoms with van der Waals surface area (Å²) in [5, 5.41) is 10.6. The number of ether oxygens (including phenoxy) is 4. The zero-order valence-corrected chi connectivity index (χ0v) is 64.6. The average Bonchev–Trinajstić information content (AvgIpc) is 1.61. The highest BCUT2D eigenvalue weighted by Crippen LogP contribution is 2.45. The molecule has 17 nitrogen and oxygen atoms in total. The van der Waals surface area contributed by atoms with Crippen molar-refractivity contribution in [1.29, 1.82) is 0 Å². The molecule has 0 aliphatic carbocycles. The van der Waals surface area contributed by atoms with Gasteiger partial charge in [0.25, 0.3) is 0 Å². The highest BCUT2D eigenvalue weighted by atomic mass is 31.2. The molecule has 0 rings (SSSR count). The average molecular weight is 1410 g/mol. The van der Waals surface area contributed by atoms with Gasteiger partial charge in [0.2, 0.25) is 0 Å². The van der Waals surface area contributed by atoms with Crippen LogP contribution in [0.3, 0.4) is 0 Å². The third kappa shape index (κ3) is 69.2. The Morgan fingerprint density at radius 2 is 0.531 bits per heavy atom. The monoisotopic (exact) mass is 1410 g/mol. The molecule has 0 saturated carbocycles. The highest BCUT2D eigenvalue weighted by molar-refractivity contribution is 7.47. The number of phosphoric acid groups is 2. The maximum atomic E-state index is 13.1. The molecule has 0 heterocycles. The van der Waals surface area contributed by atoms with Gasteiger partial charge in [0, 0.05) is 25.7 Å². The van der Waals surface area contributed by atoms with Crippen molar-refractivity contribution >= 4 is 39.5 Å². The van der Waals surface area contributed by atoms with E-state index >= 15 is 0 Å². The van der Waals surface area contributed by atoms with Crippen LogP contribution < -0.4 is 0 Å². The summed E-state index contributed by atoms with van der Waals surface area (Å²) >= 11 is 0. The second-order valence-corrected chi connectivity index (χ2v) is 31.8. The molecular weight excluding hydrogens is 1260 g/mol. The molecule has 96 heavy (non-hydrogen) atoms. The second kappa shape index (κ2) is 67.5. The number of carbonyl (C=O) groups excluding carboxylic acids is 4. The number of hydrogen-bond acceptors (Lipinski definition) is 15. The van der Waals surface area contributed by atoms with E-state index < -0.39 is 97.5 Å². The summed E-state index contributed by atoms with van der Waals surface area (Å²) in [6.45, 7) is 11.9. The molecule has 0 saturated heterocycles. The number of rotatable bonds is 75. The van der Waals surface area contributed by atoms with Crippen LogP contribution in [0.25, 0.3) is 0 Å². The summed E-state index contributed by atoms with van der Waals surface area (Å²) in [6.07, 6.45) is 53.9. The lowest BCUT2D eigenvalue weighted by atomic mass is 9.99. The predicted octanol–water partition coefficient (Wildman–Crippen LogP) is 22.6. The van der Waals surface area contributed by atoms with Gasteiger partial charge in [-0.1, -0.05) is 344 Å². The van der Waals surface area contributed by atoms with Crippen LogP contribution in [0.5, 0.6) is 0 Å². The molecular formula is C77H150O17P2. The van der Waals surface area contributed by atoms with Gasteiger partial charge in [-0.15, -0.1) is 0 Å². The molecule has 0 amide bonds. The van der Waals surface area contributed by atoms with Crippen molar-refractivity contribution in [2.45, 2.75) is 414 Å². The van der Waals surface area contributed by atoms with Crippen LogP contribution in [0.2, 0.25) is 0 Å². The maximum Gasteiger partial charge on any atom is 0.472 e. The number of unbranched alkanes of at least 4 members (excludes halogenated alkanes) is 42. The minimum Gasteiger partial charge on any atom is -0.462 e. The molecule has 570 valence electrons. The van der Waals surface area contributed by atoms with Gasteiger partial charge in [-0.2, -0.15) is 0 Å². The van der Waals surface area contributed by atoms with E-state index in [1.54, 1.807) is 0 Å². The van der Waals surface area contributed by atoms with Crippen LogP contribution in [0.4, 0.5) is 0 Å². The molecule has 6 atom stereocenters. The first-order chi connectivity index (χ1) is 46.3. The summed E-state index contributed by atoms with van der Waals surface area (Å²) in [5.41, 5.74) is 0. The first-order valence-corrected chi connectivity index (χ1v) is 42.9. The van der Waals surface area contributed by atoms with Gasteiger partial charge in [0.15, 0.2) is 12.2 Å². The third-order valence-electron chi connectivity index (χ3n) is 18.2. The third-order valence-corrected chi connectivity index (χ3v) is 20.1. The normalized spacial score (nSPS) is 14.3.